The maximum absolute atomic E-state index is 5.75. The van der Waals surface area contributed by atoms with Crippen molar-refractivity contribution in [3.8, 4) is 17.4 Å². The molecule has 2 heterocycles. The van der Waals surface area contributed by atoms with Crippen LogP contribution in [-0.2, 0) is 0 Å². The van der Waals surface area contributed by atoms with E-state index < -0.39 is 0 Å². The highest BCUT2D eigenvalue weighted by atomic mass is 16.5. The maximum atomic E-state index is 5.75. The third kappa shape index (κ3) is 2.79. The average Bonchev–Trinajstić information content (AvgIpc) is 2.41. The summed E-state index contributed by atoms with van der Waals surface area (Å²) < 4.78 is 10.8. The monoisotopic (exact) mass is 276 g/mol. The fraction of sp³-hybridized carbons (Fsp3) is 0.250. The summed E-state index contributed by atoms with van der Waals surface area (Å²) in [5, 5.41) is 0. The summed E-state index contributed by atoms with van der Waals surface area (Å²) in [6.07, 6.45) is 3.06. The number of anilines is 3. The van der Waals surface area contributed by atoms with Crippen molar-refractivity contribution in [2.45, 2.75) is 0 Å². The lowest BCUT2D eigenvalue weighted by Crippen LogP contribution is -2.11. The molecule has 0 radical (unpaired) electrons. The smallest absolute Gasteiger partial charge is 0.222 e. The van der Waals surface area contributed by atoms with E-state index in [-0.39, 0.29) is 11.8 Å². The Bertz CT molecular complexity index is 617. The Morgan fingerprint density at radius 2 is 1.85 bits per heavy atom. The molecule has 2 rings (SSSR count). The molecule has 2 aromatic rings. The summed E-state index contributed by atoms with van der Waals surface area (Å²) in [7, 11) is 5.28. The molecule has 4 N–H and O–H groups in total. The minimum Gasteiger partial charge on any atom is -0.481 e. The molecule has 0 atom stereocenters. The van der Waals surface area contributed by atoms with Crippen LogP contribution >= 0.6 is 0 Å². The molecule has 0 fully saturated rings. The Morgan fingerprint density at radius 3 is 2.45 bits per heavy atom. The van der Waals surface area contributed by atoms with E-state index in [0.717, 1.165) is 5.69 Å². The number of nitrogens with zero attached hydrogens (tertiary/aromatic N) is 4. The number of nitrogens with two attached hydrogens (primary N) is 2. The Labute approximate surface area is 116 Å². The Morgan fingerprint density at radius 1 is 1.10 bits per heavy atom. The van der Waals surface area contributed by atoms with Crippen LogP contribution in [0.2, 0.25) is 0 Å². The van der Waals surface area contributed by atoms with Gasteiger partial charge in [-0.15, -0.1) is 0 Å². The second-order valence-corrected chi connectivity index (χ2v) is 4.17. The Hall–Kier alpha value is -2.77. The van der Waals surface area contributed by atoms with Crippen LogP contribution in [0.1, 0.15) is 0 Å². The van der Waals surface area contributed by atoms with Crippen molar-refractivity contribution in [2.24, 2.45) is 0 Å². The van der Waals surface area contributed by atoms with Crippen molar-refractivity contribution in [2.75, 3.05) is 37.6 Å². The molecule has 0 aliphatic heterocycles. The number of hydrogen-bond acceptors (Lipinski definition) is 8. The number of ether oxygens (including phenoxy) is 2. The van der Waals surface area contributed by atoms with E-state index in [2.05, 4.69) is 15.0 Å². The minimum atomic E-state index is 0.0926. The molecule has 106 valence electrons. The van der Waals surface area contributed by atoms with Gasteiger partial charge in [0.05, 0.1) is 25.2 Å². The van der Waals surface area contributed by atoms with Gasteiger partial charge in [0.1, 0.15) is 0 Å². The van der Waals surface area contributed by atoms with Crippen molar-refractivity contribution in [3.63, 3.8) is 0 Å². The predicted molar refractivity (Wildman–Crippen MR) is 76.0 cm³/mol. The van der Waals surface area contributed by atoms with Crippen molar-refractivity contribution in [1.82, 2.24) is 15.0 Å². The molecular formula is C12H16N6O2. The van der Waals surface area contributed by atoms with E-state index in [1.54, 1.807) is 12.3 Å². The zero-order valence-corrected chi connectivity index (χ0v) is 11.5. The lowest BCUT2D eigenvalue weighted by atomic mass is 10.3. The number of hydrogen-bond donors (Lipinski definition) is 2. The molecule has 0 spiro atoms. The lowest BCUT2D eigenvalue weighted by molar-refractivity contribution is 0.392. The summed E-state index contributed by atoms with van der Waals surface area (Å²) >= 11 is 0. The maximum Gasteiger partial charge on any atom is 0.222 e. The largest absolute Gasteiger partial charge is 0.481 e. The molecule has 8 heteroatoms. The number of nitrogen functional groups attached to an aromatic ring is 2. The van der Waals surface area contributed by atoms with Gasteiger partial charge in [0.2, 0.25) is 11.8 Å². The standard InChI is InChI=1S/C12H16N6O2/c1-18(2)7-5-15-10(19-3)4-8(7)20-9-6-16-12(14)17-11(9)13/h4-6H,1-3H3,(H4,13,14,16,17). The predicted octanol–water partition coefficient (Wildman–Crippen LogP) is 0.903. The third-order valence-corrected chi connectivity index (χ3v) is 2.53. The van der Waals surface area contributed by atoms with Crippen LogP contribution in [0.25, 0.3) is 0 Å². The highest BCUT2D eigenvalue weighted by molar-refractivity contribution is 5.60. The molecule has 20 heavy (non-hydrogen) atoms. The zero-order chi connectivity index (χ0) is 14.7. The van der Waals surface area contributed by atoms with E-state index in [4.69, 9.17) is 20.9 Å². The van der Waals surface area contributed by atoms with E-state index in [9.17, 15) is 0 Å². The van der Waals surface area contributed by atoms with E-state index in [1.807, 2.05) is 19.0 Å². The second kappa shape index (κ2) is 5.47. The van der Waals surface area contributed by atoms with Gasteiger partial charge >= 0.3 is 0 Å². The Balaban J connectivity index is 2.40. The van der Waals surface area contributed by atoms with Gasteiger partial charge in [0.15, 0.2) is 17.3 Å². The van der Waals surface area contributed by atoms with Gasteiger partial charge in [-0.05, 0) is 0 Å². The molecule has 0 saturated heterocycles. The van der Waals surface area contributed by atoms with Gasteiger partial charge in [-0.1, -0.05) is 0 Å². The van der Waals surface area contributed by atoms with Crippen LogP contribution in [0.3, 0.4) is 0 Å². The van der Waals surface area contributed by atoms with Crippen molar-refractivity contribution < 1.29 is 9.47 Å². The first kappa shape index (κ1) is 13.7. The summed E-state index contributed by atoms with van der Waals surface area (Å²) in [4.78, 5) is 13.7. The normalized spacial score (nSPS) is 10.2. The zero-order valence-electron chi connectivity index (χ0n) is 11.5. The summed E-state index contributed by atoms with van der Waals surface area (Å²) in [5.41, 5.74) is 12.0. The summed E-state index contributed by atoms with van der Waals surface area (Å²) in [6.45, 7) is 0. The fourth-order valence-electron chi connectivity index (χ4n) is 1.54. The molecule has 2 aromatic heterocycles. The fourth-order valence-corrected chi connectivity index (χ4v) is 1.54. The highest BCUT2D eigenvalue weighted by Crippen LogP contribution is 2.34. The van der Waals surface area contributed by atoms with Crippen LogP contribution in [0, 0.1) is 0 Å². The van der Waals surface area contributed by atoms with Crippen LogP contribution in [-0.4, -0.2) is 36.2 Å². The van der Waals surface area contributed by atoms with Crippen LogP contribution < -0.4 is 25.8 Å². The number of rotatable bonds is 4. The number of pyridine rings is 1. The molecule has 0 aliphatic rings. The molecule has 0 aromatic carbocycles. The molecule has 0 amide bonds. The molecule has 0 saturated carbocycles. The van der Waals surface area contributed by atoms with E-state index >= 15 is 0 Å². The van der Waals surface area contributed by atoms with Gasteiger partial charge < -0.3 is 25.8 Å². The van der Waals surface area contributed by atoms with E-state index in [1.165, 1.54) is 13.3 Å². The SMILES string of the molecule is COc1cc(Oc2cnc(N)nc2N)c(N(C)C)cn1. The van der Waals surface area contributed by atoms with Crippen molar-refractivity contribution in [1.29, 1.82) is 0 Å². The molecule has 0 aliphatic carbocycles. The van der Waals surface area contributed by atoms with Gasteiger partial charge in [-0.3, -0.25) is 0 Å². The van der Waals surface area contributed by atoms with Crippen LogP contribution in [0.15, 0.2) is 18.5 Å². The molecule has 0 bridgehead atoms. The first-order valence-corrected chi connectivity index (χ1v) is 5.78. The second-order valence-electron chi connectivity index (χ2n) is 4.17. The quantitative estimate of drug-likeness (QED) is 0.847. The minimum absolute atomic E-state index is 0.0926. The number of aromatic nitrogens is 3. The van der Waals surface area contributed by atoms with Gasteiger partial charge in [0, 0.05) is 20.2 Å². The third-order valence-electron chi connectivity index (χ3n) is 2.53. The summed E-state index contributed by atoms with van der Waals surface area (Å²) in [5.74, 6) is 1.53. The van der Waals surface area contributed by atoms with Crippen molar-refractivity contribution >= 4 is 17.5 Å². The van der Waals surface area contributed by atoms with Crippen molar-refractivity contribution in [3.05, 3.63) is 18.5 Å². The summed E-state index contributed by atoms with van der Waals surface area (Å²) in [6, 6.07) is 1.66. The Kier molecular flexibility index (Phi) is 3.74. The van der Waals surface area contributed by atoms with Crippen LogP contribution in [0.4, 0.5) is 17.5 Å². The number of methoxy groups -OCH3 is 1. The molecule has 0 unspecified atom stereocenters. The average molecular weight is 276 g/mol. The lowest BCUT2D eigenvalue weighted by Gasteiger charge is -2.18. The first-order chi connectivity index (χ1) is 9.51. The molecular weight excluding hydrogens is 260 g/mol. The highest BCUT2D eigenvalue weighted by Gasteiger charge is 2.12. The van der Waals surface area contributed by atoms with E-state index in [0.29, 0.717) is 17.4 Å². The van der Waals surface area contributed by atoms with Gasteiger partial charge in [0.25, 0.3) is 0 Å². The molecule has 8 nitrogen and oxygen atoms in total. The topological polar surface area (TPSA) is 112 Å². The van der Waals surface area contributed by atoms with Gasteiger partial charge in [-0.2, -0.15) is 4.98 Å². The van der Waals surface area contributed by atoms with Crippen LogP contribution in [0.5, 0.6) is 17.4 Å². The first-order valence-electron chi connectivity index (χ1n) is 5.78. The van der Waals surface area contributed by atoms with Gasteiger partial charge in [-0.25, -0.2) is 9.97 Å².